The van der Waals surface area contributed by atoms with E-state index in [1.165, 1.54) is 18.2 Å². The number of nitrogens with zero attached hydrogens (tertiary/aromatic N) is 1. The van der Waals surface area contributed by atoms with Gasteiger partial charge >= 0.3 is 0 Å². The monoisotopic (exact) mass is 309 g/mol. The van der Waals surface area contributed by atoms with Gasteiger partial charge in [0.05, 0.1) is 21.1 Å². The summed E-state index contributed by atoms with van der Waals surface area (Å²) in [6.07, 6.45) is 0. The minimum absolute atomic E-state index is 0.149. The molecule has 2 rings (SSSR count). The fraction of sp³-hybridized carbons (Fsp3) is 0.0714. The highest BCUT2D eigenvalue weighted by molar-refractivity contribution is 8.00. The highest BCUT2D eigenvalue weighted by Crippen LogP contribution is 2.29. The maximum atomic E-state index is 13.5. The number of para-hydroxylation sites is 1. The van der Waals surface area contributed by atoms with Gasteiger partial charge in [-0.25, -0.2) is 8.78 Å². The largest absolute Gasteiger partial charge is 0.293 e. The molecule has 0 radical (unpaired) electrons. The number of nitro groups is 1. The first-order chi connectivity index (χ1) is 10.0. The molecule has 0 aromatic heterocycles. The van der Waals surface area contributed by atoms with E-state index in [0.717, 1.165) is 30.0 Å². The molecule has 0 spiro atoms. The van der Waals surface area contributed by atoms with E-state index in [4.69, 9.17) is 0 Å². The maximum absolute atomic E-state index is 13.5. The molecule has 2 aromatic carbocycles. The molecule has 0 aliphatic rings. The number of carbonyl (C=O) groups is 1. The van der Waals surface area contributed by atoms with Crippen LogP contribution in [0.3, 0.4) is 0 Å². The van der Waals surface area contributed by atoms with Crippen molar-refractivity contribution in [2.24, 2.45) is 0 Å². The van der Waals surface area contributed by atoms with E-state index in [0.29, 0.717) is 0 Å². The van der Waals surface area contributed by atoms with Gasteiger partial charge in [-0.3, -0.25) is 14.9 Å². The van der Waals surface area contributed by atoms with Crippen molar-refractivity contribution < 1.29 is 18.5 Å². The topological polar surface area (TPSA) is 60.2 Å². The maximum Gasteiger partial charge on any atom is 0.282 e. The lowest BCUT2D eigenvalue weighted by atomic mass is 10.1. The number of nitro benzene ring substituents is 1. The molecule has 0 saturated heterocycles. The average Bonchev–Trinajstić information content (AvgIpc) is 2.45. The van der Waals surface area contributed by atoms with Crippen LogP contribution in [0.5, 0.6) is 0 Å². The molecule has 0 amide bonds. The van der Waals surface area contributed by atoms with Crippen LogP contribution in [-0.4, -0.2) is 16.5 Å². The summed E-state index contributed by atoms with van der Waals surface area (Å²) in [5.74, 6) is -2.93. The predicted molar refractivity (Wildman–Crippen MR) is 74.5 cm³/mol. The van der Waals surface area contributed by atoms with E-state index < -0.39 is 27.9 Å². The van der Waals surface area contributed by atoms with Crippen molar-refractivity contribution in [2.45, 2.75) is 4.90 Å². The second kappa shape index (κ2) is 6.45. The molecular weight excluding hydrogens is 300 g/mol. The quantitative estimate of drug-likeness (QED) is 0.364. The zero-order chi connectivity index (χ0) is 15.4. The van der Waals surface area contributed by atoms with Crippen LogP contribution in [0.2, 0.25) is 0 Å². The molecule has 0 aliphatic heterocycles. The van der Waals surface area contributed by atoms with Crippen LogP contribution in [0.1, 0.15) is 10.4 Å². The van der Waals surface area contributed by atoms with Gasteiger partial charge in [0.15, 0.2) is 5.78 Å². The standard InChI is InChI=1S/C14H9F2NO3S/c15-9-4-3-5-10(16)14(9)12(18)8-21-13-7-2-1-6-11(13)17(19)20/h1-7H,8H2. The molecule has 0 fully saturated rings. The number of benzene rings is 2. The molecular formula is C14H9F2NO3S. The first-order valence-corrected chi connectivity index (χ1v) is 6.82. The van der Waals surface area contributed by atoms with Crippen molar-refractivity contribution in [3.8, 4) is 0 Å². The van der Waals surface area contributed by atoms with Gasteiger partial charge < -0.3 is 0 Å². The Morgan fingerprint density at radius 2 is 1.71 bits per heavy atom. The van der Waals surface area contributed by atoms with Crippen molar-refractivity contribution in [1.29, 1.82) is 0 Å². The van der Waals surface area contributed by atoms with Gasteiger partial charge in [-0.15, -0.1) is 11.8 Å². The van der Waals surface area contributed by atoms with Crippen molar-refractivity contribution in [3.63, 3.8) is 0 Å². The Labute approximate surface area is 122 Å². The zero-order valence-corrected chi connectivity index (χ0v) is 11.4. The number of hydrogen-bond acceptors (Lipinski definition) is 4. The third-order valence-corrected chi connectivity index (χ3v) is 3.73. The lowest BCUT2D eigenvalue weighted by molar-refractivity contribution is -0.387. The fourth-order valence-electron chi connectivity index (χ4n) is 1.71. The molecule has 21 heavy (non-hydrogen) atoms. The molecule has 7 heteroatoms. The lowest BCUT2D eigenvalue weighted by Crippen LogP contribution is -2.08. The van der Waals surface area contributed by atoms with Gasteiger partial charge in [0.2, 0.25) is 0 Å². The van der Waals surface area contributed by atoms with Crippen molar-refractivity contribution >= 4 is 23.2 Å². The second-order valence-electron chi connectivity index (χ2n) is 4.03. The van der Waals surface area contributed by atoms with Crippen molar-refractivity contribution in [1.82, 2.24) is 0 Å². The summed E-state index contributed by atoms with van der Waals surface area (Å²) >= 11 is 0.871. The van der Waals surface area contributed by atoms with Gasteiger partial charge in [-0.05, 0) is 18.2 Å². The summed E-state index contributed by atoms with van der Waals surface area (Å²) in [6.45, 7) is 0. The summed E-state index contributed by atoms with van der Waals surface area (Å²) in [4.78, 5) is 22.4. The highest BCUT2D eigenvalue weighted by Gasteiger charge is 2.19. The van der Waals surface area contributed by atoms with Gasteiger partial charge in [0.25, 0.3) is 5.69 Å². The van der Waals surface area contributed by atoms with Gasteiger partial charge in [-0.2, -0.15) is 0 Å². The van der Waals surface area contributed by atoms with Crippen LogP contribution in [0.4, 0.5) is 14.5 Å². The van der Waals surface area contributed by atoms with Gasteiger partial charge in [0.1, 0.15) is 11.6 Å². The number of carbonyl (C=O) groups excluding carboxylic acids is 1. The molecule has 4 nitrogen and oxygen atoms in total. The van der Waals surface area contributed by atoms with E-state index in [1.807, 2.05) is 0 Å². The van der Waals surface area contributed by atoms with Crippen LogP contribution in [0.25, 0.3) is 0 Å². The first-order valence-electron chi connectivity index (χ1n) is 5.84. The number of ketones is 1. The van der Waals surface area contributed by atoms with Gasteiger partial charge in [-0.1, -0.05) is 18.2 Å². The third kappa shape index (κ3) is 3.43. The van der Waals surface area contributed by atoms with E-state index in [9.17, 15) is 23.7 Å². The molecule has 0 aliphatic carbocycles. The van der Waals surface area contributed by atoms with Crippen LogP contribution in [0, 0.1) is 21.7 Å². The Hall–Kier alpha value is -2.28. The summed E-state index contributed by atoms with van der Waals surface area (Å²) in [5, 5.41) is 10.8. The molecule has 0 heterocycles. The summed E-state index contributed by atoms with van der Waals surface area (Å²) in [6, 6.07) is 9.02. The number of rotatable bonds is 5. The Bertz CT molecular complexity index is 686. The Morgan fingerprint density at radius 1 is 1.10 bits per heavy atom. The number of thioether (sulfide) groups is 1. The normalized spacial score (nSPS) is 10.4. The first kappa shape index (κ1) is 15.1. The van der Waals surface area contributed by atoms with Crippen LogP contribution in [-0.2, 0) is 0 Å². The second-order valence-corrected chi connectivity index (χ2v) is 5.05. The number of Topliss-reactive ketones (excluding diaryl/α,β-unsaturated/α-hetero) is 1. The zero-order valence-electron chi connectivity index (χ0n) is 10.6. The van der Waals surface area contributed by atoms with Crippen LogP contribution < -0.4 is 0 Å². The Morgan fingerprint density at radius 3 is 2.33 bits per heavy atom. The van der Waals surface area contributed by atoms with E-state index in [-0.39, 0.29) is 16.3 Å². The summed E-state index contributed by atoms with van der Waals surface area (Å²) < 4.78 is 26.9. The fourth-order valence-corrected chi connectivity index (χ4v) is 2.61. The minimum atomic E-state index is -0.942. The molecule has 0 atom stereocenters. The van der Waals surface area contributed by atoms with Crippen molar-refractivity contribution in [2.75, 3.05) is 5.75 Å². The highest BCUT2D eigenvalue weighted by atomic mass is 32.2. The number of halogens is 2. The Balaban J connectivity index is 2.17. The summed E-state index contributed by atoms with van der Waals surface area (Å²) in [5.41, 5.74) is -0.770. The van der Waals surface area contributed by atoms with E-state index in [2.05, 4.69) is 0 Å². The SMILES string of the molecule is O=C(CSc1ccccc1[N+](=O)[O-])c1c(F)cccc1F. The Kier molecular flexibility index (Phi) is 4.64. The molecule has 0 saturated carbocycles. The third-order valence-electron chi connectivity index (χ3n) is 2.66. The van der Waals surface area contributed by atoms with E-state index >= 15 is 0 Å². The molecule has 2 aromatic rings. The minimum Gasteiger partial charge on any atom is -0.293 e. The van der Waals surface area contributed by atoms with E-state index in [1.54, 1.807) is 6.07 Å². The molecule has 0 unspecified atom stereocenters. The predicted octanol–water partition coefficient (Wildman–Crippen LogP) is 3.85. The van der Waals surface area contributed by atoms with Crippen molar-refractivity contribution in [3.05, 3.63) is 69.8 Å². The average molecular weight is 309 g/mol. The van der Waals surface area contributed by atoms with Crippen LogP contribution in [0.15, 0.2) is 47.4 Å². The van der Waals surface area contributed by atoms with Crippen LogP contribution >= 0.6 is 11.8 Å². The molecule has 0 bridgehead atoms. The number of hydrogen-bond donors (Lipinski definition) is 0. The lowest BCUT2D eigenvalue weighted by Gasteiger charge is -2.04. The van der Waals surface area contributed by atoms with Gasteiger partial charge in [0, 0.05) is 6.07 Å². The smallest absolute Gasteiger partial charge is 0.282 e. The summed E-state index contributed by atoms with van der Waals surface area (Å²) in [7, 11) is 0. The molecule has 0 N–H and O–H groups in total. The molecule has 108 valence electrons.